The lowest BCUT2D eigenvalue weighted by atomic mass is 9.97. The fraction of sp³-hybridized carbons (Fsp3) is 0.250. The topological polar surface area (TPSA) is 29.9 Å². The van der Waals surface area contributed by atoms with Gasteiger partial charge >= 0.3 is 0 Å². The second kappa shape index (κ2) is 6.80. The molecule has 1 unspecified atom stereocenters. The molecule has 0 amide bonds. The fourth-order valence-corrected chi connectivity index (χ4v) is 3.05. The molecule has 0 bridgehead atoms. The summed E-state index contributed by atoms with van der Waals surface area (Å²) in [6.45, 7) is 4.22. The third-order valence-corrected chi connectivity index (χ3v) is 4.16. The third-order valence-electron chi connectivity index (χ3n) is 4.16. The molecular weight excluding hydrogens is 282 g/mol. The van der Waals surface area contributed by atoms with Crippen LogP contribution >= 0.6 is 0 Å². The molecule has 0 saturated heterocycles. The van der Waals surface area contributed by atoms with Crippen LogP contribution in [0.3, 0.4) is 0 Å². The van der Waals surface area contributed by atoms with Crippen molar-refractivity contribution >= 4 is 0 Å². The first-order valence-corrected chi connectivity index (χ1v) is 8.01. The van der Waals surface area contributed by atoms with Gasteiger partial charge in [0.25, 0.3) is 0 Å². The van der Waals surface area contributed by atoms with Gasteiger partial charge in [-0.25, -0.2) is 0 Å². The zero-order valence-corrected chi connectivity index (χ0v) is 13.9. The Kier molecular flexibility index (Phi) is 4.58. The number of hydrogen-bond donors (Lipinski definition) is 1. The summed E-state index contributed by atoms with van der Waals surface area (Å²) in [5.74, 6) is 0. The second-order valence-electron chi connectivity index (χ2n) is 5.98. The van der Waals surface area contributed by atoms with Crippen LogP contribution in [-0.2, 0) is 7.05 Å². The van der Waals surface area contributed by atoms with Gasteiger partial charge in [0.1, 0.15) is 0 Å². The van der Waals surface area contributed by atoms with Crippen LogP contribution in [0, 0.1) is 6.92 Å². The molecule has 3 aromatic rings. The van der Waals surface area contributed by atoms with E-state index in [-0.39, 0.29) is 12.1 Å². The molecule has 1 aromatic heterocycles. The largest absolute Gasteiger partial charge is 0.298 e. The molecule has 1 atom stereocenters. The normalized spacial score (nSPS) is 12.5. The van der Waals surface area contributed by atoms with E-state index in [9.17, 15) is 0 Å². The lowest BCUT2D eigenvalue weighted by molar-refractivity contribution is 0.486. The van der Waals surface area contributed by atoms with Crippen molar-refractivity contribution in [2.75, 3.05) is 0 Å². The van der Waals surface area contributed by atoms with Gasteiger partial charge in [-0.1, -0.05) is 60.7 Å². The van der Waals surface area contributed by atoms with Gasteiger partial charge in [-0.3, -0.25) is 10.00 Å². The lowest BCUT2D eigenvalue weighted by Gasteiger charge is -2.24. The van der Waals surface area contributed by atoms with Crippen molar-refractivity contribution in [1.29, 1.82) is 0 Å². The highest BCUT2D eigenvalue weighted by Crippen LogP contribution is 2.26. The van der Waals surface area contributed by atoms with E-state index < -0.39 is 0 Å². The first-order chi connectivity index (χ1) is 11.1. The maximum Gasteiger partial charge on any atom is 0.0597 e. The summed E-state index contributed by atoms with van der Waals surface area (Å²) in [7, 11) is 2.00. The minimum absolute atomic E-state index is 0.155. The third kappa shape index (κ3) is 3.51. The summed E-state index contributed by atoms with van der Waals surface area (Å²) in [5, 5.41) is 8.22. The van der Waals surface area contributed by atoms with E-state index in [0.717, 1.165) is 5.69 Å². The van der Waals surface area contributed by atoms with Crippen LogP contribution in [0.15, 0.2) is 66.7 Å². The molecule has 1 N–H and O–H groups in total. The van der Waals surface area contributed by atoms with Crippen LogP contribution in [0.2, 0.25) is 0 Å². The summed E-state index contributed by atoms with van der Waals surface area (Å²) >= 11 is 0. The van der Waals surface area contributed by atoms with Gasteiger partial charge in [-0.15, -0.1) is 0 Å². The monoisotopic (exact) mass is 305 g/mol. The summed E-state index contributed by atoms with van der Waals surface area (Å²) < 4.78 is 1.96. The first-order valence-electron chi connectivity index (χ1n) is 8.01. The van der Waals surface area contributed by atoms with E-state index in [1.54, 1.807) is 0 Å². The predicted octanol–water partition coefficient (Wildman–Crippen LogP) is 4.17. The lowest BCUT2D eigenvalue weighted by Crippen LogP contribution is -2.27. The molecule has 3 rings (SSSR count). The molecule has 3 nitrogen and oxygen atoms in total. The second-order valence-corrected chi connectivity index (χ2v) is 5.98. The Bertz CT molecular complexity index is 708. The highest BCUT2D eigenvalue weighted by molar-refractivity contribution is 5.32. The molecule has 0 spiro atoms. The van der Waals surface area contributed by atoms with E-state index >= 15 is 0 Å². The molecule has 0 aliphatic carbocycles. The van der Waals surface area contributed by atoms with Crippen molar-refractivity contribution in [2.24, 2.45) is 7.05 Å². The highest BCUT2D eigenvalue weighted by atomic mass is 15.3. The van der Waals surface area contributed by atoms with E-state index in [1.165, 1.54) is 16.8 Å². The summed E-state index contributed by atoms with van der Waals surface area (Å²) in [5.41, 5.74) is 4.78. The first kappa shape index (κ1) is 15.5. The van der Waals surface area contributed by atoms with Crippen molar-refractivity contribution < 1.29 is 0 Å². The zero-order chi connectivity index (χ0) is 16.2. The standard InChI is InChI=1S/C20H23N3/c1-15-14-19(23(3)22-15)16(2)21-20(17-10-6-4-7-11-17)18-12-8-5-9-13-18/h4-14,16,20-21H,1-3H3. The average Bonchev–Trinajstić information content (AvgIpc) is 2.92. The van der Waals surface area contributed by atoms with Gasteiger partial charge in [-0.2, -0.15) is 5.10 Å². The van der Waals surface area contributed by atoms with Gasteiger partial charge < -0.3 is 0 Å². The minimum Gasteiger partial charge on any atom is -0.298 e. The number of hydrogen-bond acceptors (Lipinski definition) is 2. The number of rotatable bonds is 5. The van der Waals surface area contributed by atoms with Gasteiger partial charge in [0.05, 0.1) is 17.4 Å². The molecule has 3 heteroatoms. The van der Waals surface area contributed by atoms with Gasteiger partial charge in [0, 0.05) is 13.1 Å². The molecule has 1 heterocycles. The molecule has 23 heavy (non-hydrogen) atoms. The maximum absolute atomic E-state index is 4.46. The quantitative estimate of drug-likeness (QED) is 0.767. The van der Waals surface area contributed by atoms with E-state index in [4.69, 9.17) is 0 Å². The van der Waals surface area contributed by atoms with Gasteiger partial charge in [-0.05, 0) is 31.0 Å². The Hall–Kier alpha value is -2.39. The maximum atomic E-state index is 4.46. The van der Waals surface area contributed by atoms with Gasteiger partial charge in [0.2, 0.25) is 0 Å². The van der Waals surface area contributed by atoms with Crippen molar-refractivity contribution in [1.82, 2.24) is 15.1 Å². The van der Waals surface area contributed by atoms with Gasteiger partial charge in [0.15, 0.2) is 0 Å². The van der Waals surface area contributed by atoms with E-state index in [1.807, 2.05) is 18.7 Å². The Balaban J connectivity index is 1.92. The molecule has 0 aliphatic heterocycles. The van der Waals surface area contributed by atoms with E-state index in [2.05, 4.69) is 84.1 Å². The molecule has 0 saturated carbocycles. The van der Waals surface area contributed by atoms with E-state index in [0.29, 0.717) is 0 Å². The Labute approximate surface area is 138 Å². The van der Waals surface area contributed by atoms with Crippen molar-refractivity contribution in [2.45, 2.75) is 25.9 Å². The molecule has 0 fully saturated rings. The number of aromatic nitrogens is 2. The molecule has 0 aliphatic rings. The van der Waals surface area contributed by atoms with Crippen LogP contribution in [0.4, 0.5) is 0 Å². The van der Waals surface area contributed by atoms with Crippen LogP contribution in [0.25, 0.3) is 0 Å². The van der Waals surface area contributed by atoms with Crippen molar-refractivity contribution in [3.63, 3.8) is 0 Å². The Morgan fingerprint density at radius 2 is 1.43 bits per heavy atom. The SMILES string of the molecule is Cc1cc(C(C)NC(c2ccccc2)c2ccccc2)n(C)n1. The smallest absolute Gasteiger partial charge is 0.0597 e. The molecule has 0 radical (unpaired) electrons. The number of aryl methyl sites for hydroxylation is 2. The number of nitrogens with zero attached hydrogens (tertiary/aromatic N) is 2. The highest BCUT2D eigenvalue weighted by Gasteiger charge is 2.19. The number of benzene rings is 2. The van der Waals surface area contributed by atoms with Crippen LogP contribution in [0.1, 0.15) is 41.5 Å². The summed E-state index contributed by atoms with van der Waals surface area (Å²) in [6, 6.07) is 23.7. The molecular formula is C20H23N3. The summed E-state index contributed by atoms with van der Waals surface area (Å²) in [4.78, 5) is 0. The summed E-state index contributed by atoms with van der Waals surface area (Å²) in [6.07, 6.45) is 0. The fourth-order valence-electron chi connectivity index (χ4n) is 3.05. The number of nitrogens with one attached hydrogen (secondary N) is 1. The van der Waals surface area contributed by atoms with Crippen molar-refractivity contribution in [3.05, 3.63) is 89.2 Å². The molecule has 2 aromatic carbocycles. The van der Waals surface area contributed by atoms with Crippen molar-refractivity contribution in [3.8, 4) is 0 Å². The predicted molar refractivity (Wildman–Crippen MR) is 94.2 cm³/mol. The zero-order valence-electron chi connectivity index (χ0n) is 13.9. The van der Waals surface area contributed by atoms with Crippen LogP contribution in [-0.4, -0.2) is 9.78 Å². The van der Waals surface area contributed by atoms with Crippen LogP contribution < -0.4 is 5.32 Å². The van der Waals surface area contributed by atoms with Crippen LogP contribution in [0.5, 0.6) is 0 Å². The Morgan fingerprint density at radius 1 is 0.913 bits per heavy atom. The Morgan fingerprint density at radius 3 is 1.87 bits per heavy atom. The average molecular weight is 305 g/mol. The minimum atomic E-state index is 0.155. The molecule has 118 valence electrons.